The lowest BCUT2D eigenvalue weighted by Crippen LogP contribution is -2.33. The number of likely N-dealkylation sites (tertiary alicyclic amines) is 1. The van der Waals surface area contributed by atoms with Crippen LogP contribution in [0.25, 0.3) is 0 Å². The standard InChI is InChI=1S/C17H19N5OS/c23-17(15-8-24-10-20-15)22-6-12-4-21(5-13(12)7-22)16-3-14(11-1-2-11)18-9-19-16/h3,8-13H,1-2,4-7H2. The van der Waals surface area contributed by atoms with E-state index in [-0.39, 0.29) is 5.91 Å². The molecule has 5 rings (SSSR count). The Hall–Kier alpha value is -2.02. The third kappa shape index (κ3) is 2.47. The minimum absolute atomic E-state index is 0.0789. The van der Waals surface area contributed by atoms with E-state index in [0.717, 1.165) is 32.0 Å². The number of amides is 1. The molecule has 6 nitrogen and oxygen atoms in total. The Kier molecular flexibility index (Phi) is 3.29. The highest BCUT2D eigenvalue weighted by Gasteiger charge is 2.42. The Morgan fingerprint density at radius 3 is 2.54 bits per heavy atom. The van der Waals surface area contributed by atoms with Gasteiger partial charge in [0.2, 0.25) is 0 Å². The van der Waals surface area contributed by atoms with Crippen LogP contribution < -0.4 is 4.90 Å². The van der Waals surface area contributed by atoms with Crippen LogP contribution in [0.15, 0.2) is 23.3 Å². The van der Waals surface area contributed by atoms with Gasteiger partial charge in [-0.25, -0.2) is 15.0 Å². The predicted molar refractivity (Wildman–Crippen MR) is 91.2 cm³/mol. The molecule has 0 aromatic carbocycles. The molecule has 4 heterocycles. The van der Waals surface area contributed by atoms with Gasteiger partial charge in [-0.15, -0.1) is 11.3 Å². The third-order valence-corrected chi connectivity index (χ3v) is 6.00. The molecule has 0 bridgehead atoms. The summed E-state index contributed by atoms with van der Waals surface area (Å²) in [6, 6.07) is 2.16. The largest absolute Gasteiger partial charge is 0.356 e. The number of carbonyl (C=O) groups excluding carboxylic acids is 1. The number of rotatable bonds is 3. The van der Waals surface area contributed by atoms with Crippen molar-refractivity contribution in [2.45, 2.75) is 18.8 Å². The van der Waals surface area contributed by atoms with E-state index in [4.69, 9.17) is 0 Å². The van der Waals surface area contributed by atoms with Crippen molar-refractivity contribution in [3.05, 3.63) is 34.7 Å². The molecular weight excluding hydrogens is 322 g/mol. The quantitative estimate of drug-likeness (QED) is 0.855. The second-order valence-corrected chi connectivity index (χ2v) is 7.80. The summed E-state index contributed by atoms with van der Waals surface area (Å²) >= 11 is 1.47. The molecule has 2 atom stereocenters. The lowest BCUT2D eigenvalue weighted by molar-refractivity contribution is 0.0777. The summed E-state index contributed by atoms with van der Waals surface area (Å²) in [4.78, 5) is 29.8. The normalized spacial score (nSPS) is 26.0. The molecule has 2 aromatic heterocycles. The first-order chi connectivity index (χ1) is 11.8. The SMILES string of the molecule is O=C(c1cscn1)N1CC2CN(c3cc(C4CC4)ncn3)CC2C1. The molecule has 2 aromatic rings. The van der Waals surface area contributed by atoms with Gasteiger partial charge in [-0.1, -0.05) is 0 Å². The number of aromatic nitrogens is 3. The molecule has 7 heteroatoms. The first-order valence-electron chi connectivity index (χ1n) is 8.52. The van der Waals surface area contributed by atoms with Crippen molar-refractivity contribution in [3.8, 4) is 0 Å². The van der Waals surface area contributed by atoms with Crippen molar-refractivity contribution in [1.29, 1.82) is 0 Å². The van der Waals surface area contributed by atoms with Crippen LogP contribution in [0.1, 0.15) is 34.9 Å². The Morgan fingerprint density at radius 1 is 1.08 bits per heavy atom. The molecule has 0 spiro atoms. The smallest absolute Gasteiger partial charge is 0.273 e. The summed E-state index contributed by atoms with van der Waals surface area (Å²) in [6.07, 6.45) is 4.22. The fraction of sp³-hybridized carbons (Fsp3) is 0.529. The van der Waals surface area contributed by atoms with Crippen LogP contribution in [0.3, 0.4) is 0 Å². The molecule has 2 aliphatic heterocycles. The zero-order valence-electron chi connectivity index (χ0n) is 13.3. The van der Waals surface area contributed by atoms with Gasteiger partial charge in [0.05, 0.1) is 5.51 Å². The van der Waals surface area contributed by atoms with Gasteiger partial charge in [0.1, 0.15) is 17.8 Å². The lowest BCUT2D eigenvalue weighted by Gasteiger charge is -2.22. The van der Waals surface area contributed by atoms with Crippen LogP contribution in [0.2, 0.25) is 0 Å². The molecule has 2 saturated heterocycles. The molecule has 0 N–H and O–H groups in total. The minimum atomic E-state index is 0.0789. The Morgan fingerprint density at radius 2 is 1.88 bits per heavy atom. The maximum atomic E-state index is 12.5. The third-order valence-electron chi connectivity index (χ3n) is 5.42. The van der Waals surface area contributed by atoms with E-state index in [2.05, 4.69) is 25.9 Å². The number of thiazole rings is 1. The number of nitrogens with zero attached hydrogens (tertiary/aromatic N) is 5. The van der Waals surface area contributed by atoms with E-state index in [1.54, 1.807) is 11.8 Å². The van der Waals surface area contributed by atoms with Crippen molar-refractivity contribution in [2.24, 2.45) is 11.8 Å². The van der Waals surface area contributed by atoms with Crippen LogP contribution in [0.5, 0.6) is 0 Å². The first-order valence-corrected chi connectivity index (χ1v) is 9.46. The number of fused-ring (bicyclic) bond motifs is 1. The van der Waals surface area contributed by atoms with Gasteiger partial charge in [0.25, 0.3) is 5.91 Å². The van der Waals surface area contributed by atoms with Crippen molar-refractivity contribution < 1.29 is 4.79 Å². The van der Waals surface area contributed by atoms with E-state index in [1.807, 2.05) is 10.3 Å². The minimum Gasteiger partial charge on any atom is -0.356 e. The van der Waals surface area contributed by atoms with E-state index < -0.39 is 0 Å². The van der Waals surface area contributed by atoms with Crippen molar-refractivity contribution in [1.82, 2.24) is 19.9 Å². The van der Waals surface area contributed by atoms with Crippen LogP contribution in [-0.4, -0.2) is 51.9 Å². The molecule has 0 radical (unpaired) electrons. The fourth-order valence-corrected chi connectivity index (χ4v) is 4.49. The second-order valence-electron chi connectivity index (χ2n) is 7.08. The monoisotopic (exact) mass is 341 g/mol. The summed E-state index contributed by atoms with van der Waals surface area (Å²) in [5.74, 6) is 2.85. The van der Waals surface area contributed by atoms with Gasteiger partial charge in [-0.05, 0) is 12.8 Å². The Balaban J connectivity index is 1.27. The molecule has 2 unspecified atom stereocenters. The van der Waals surface area contributed by atoms with Gasteiger partial charge in [0.15, 0.2) is 0 Å². The molecule has 1 amide bonds. The van der Waals surface area contributed by atoms with Gasteiger partial charge in [-0.3, -0.25) is 4.79 Å². The predicted octanol–water partition coefficient (Wildman–Crippen LogP) is 2.02. The highest BCUT2D eigenvalue weighted by molar-refractivity contribution is 7.07. The average molecular weight is 341 g/mol. The Bertz CT molecular complexity index is 746. The number of anilines is 1. The molecule has 1 saturated carbocycles. The van der Waals surface area contributed by atoms with E-state index in [0.29, 0.717) is 23.4 Å². The van der Waals surface area contributed by atoms with Crippen LogP contribution in [-0.2, 0) is 0 Å². The average Bonchev–Trinajstić information content (AvgIpc) is 2.99. The number of carbonyl (C=O) groups is 1. The molecule has 24 heavy (non-hydrogen) atoms. The van der Waals surface area contributed by atoms with Crippen LogP contribution >= 0.6 is 11.3 Å². The van der Waals surface area contributed by atoms with Gasteiger partial charge < -0.3 is 9.80 Å². The number of hydrogen-bond donors (Lipinski definition) is 0. The topological polar surface area (TPSA) is 62.2 Å². The maximum Gasteiger partial charge on any atom is 0.273 e. The highest BCUT2D eigenvalue weighted by Crippen LogP contribution is 2.40. The summed E-state index contributed by atoms with van der Waals surface area (Å²) in [6.45, 7) is 3.62. The summed E-state index contributed by atoms with van der Waals surface area (Å²) < 4.78 is 0. The zero-order valence-corrected chi connectivity index (χ0v) is 14.2. The van der Waals surface area contributed by atoms with Gasteiger partial charge in [0, 0.05) is 61.1 Å². The van der Waals surface area contributed by atoms with Gasteiger partial charge in [-0.2, -0.15) is 0 Å². The van der Waals surface area contributed by atoms with Crippen molar-refractivity contribution in [3.63, 3.8) is 0 Å². The Labute approximate surface area is 144 Å². The fourth-order valence-electron chi connectivity index (χ4n) is 3.96. The van der Waals surface area contributed by atoms with Crippen molar-refractivity contribution in [2.75, 3.05) is 31.1 Å². The lowest BCUT2D eigenvalue weighted by atomic mass is 10.0. The first kappa shape index (κ1) is 14.3. The molecule has 124 valence electrons. The summed E-state index contributed by atoms with van der Waals surface area (Å²) in [7, 11) is 0. The van der Waals surface area contributed by atoms with Crippen LogP contribution in [0, 0.1) is 11.8 Å². The van der Waals surface area contributed by atoms with Crippen LogP contribution in [0.4, 0.5) is 5.82 Å². The van der Waals surface area contributed by atoms with Crippen molar-refractivity contribution >= 4 is 23.1 Å². The summed E-state index contributed by atoms with van der Waals surface area (Å²) in [5, 5.41) is 1.84. The van der Waals surface area contributed by atoms with E-state index in [1.165, 1.54) is 29.9 Å². The van der Waals surface area contributed by atoms with Gasteiger partial charge >= 0.3 is 0 Å². The highest BCUT2D eigenvalue weighted by atomic mass is 32.1. The zero-order chi connectivity index (χ0) is 16.1. The number of hydrogen-bond acceptors (Lipinski definition) is 6. The summed E-state index contributed by atoms with van der Waals surface area (Å²) in [5.41, 5.74) is 3.50. The molecular formula is C17H19N5OS. The second kappa shape index (κ2) is 5.51. The maximum absolute atomic E-state index is 12.5. The molecule has 3 fully saturated rings. The van der Waals surface area contributed by atoms with E-state index >= 15 is 0 Å². The molecule has 1 aliphatic carbocycles. The van der Waals surface area contributed by atoms with E-state index in [9.17, 15) is 4.79 Å². The molecule has 3 aliphatic rings.